The van der Waals surface area contributed by atoms with Crippen LogP contribution in [0.1, 0.15) is 29.6 Å². The van der Waals surface area contributed by atoms with Crippen molar-refractivity contribution in [2.24, 2.45) is 0 Å². The molecule has 0 unspecified atom stereocenters. The second-order valence-corrected chi connectivity index (χ2v) is 8.64. The summed E-state index contributed by atoms with van der Waals surface area (Å²) in [7, 11) is -3.80. The topological polar surface area (TPSA) is 74.7 Å². The van der Waals surface area contributed by atoms with Gasteiger partial charge in [-0.15, -0.1) is 0 Å². The zero-order valence-corrected chi connectivity index (χ0v) is 15.9. The Kier molecular flexibility index (Phi) is 5.37. The Balaban J connectivity index is 2.19. The van der Waals surface area contributed by atoms with Gasteiger partial charge in [-0.2, -0.15) is 4.31 Å². The molecule has 8 heteroatoms. The Labute approximate surface area is 161 Å². The van der Waals surface area contributed by atoms with Crippen LogP contribution in [0.15, 0.2) is 60.2 Å². The molecule has 5 nitrogen and oxygen atoms in total. The number of halogens is 2. The van der Waals surface area contributed by atoms with Gasteiger partial charge in [0.2, 0.25) is 10.0 Å². The molecule has 0 aliphatic carbocycles. The molecule has 2 atom stereocenters. The fraction of sp³-hybridized carbons (Fsp3) is 0.211. The number of carbonyl (C=O) groups is 1. The molecule has 0 fully saturated rings. The monoisotopic (exact) mass is 409 g/mol. The predicted molar refractivity (Wildman–Crippen MR) is 100 cm³/mol. The highest BCUT2D eigenvalue weighted by molar-refractivity contribution is 7.88. The molecule has 1 aliphatic rings. The van der Waals surface area contributed by atoms with E-state index in [9.17, 15) is 22.7 Å². The number of sulfonamides is 1. The zero-order chi connectivity index (χ0) is 19.8. The molecule has 0 saturated heterocycles. The van der Waals surface area contributed by atoms with E-state index in [0.717, 1.165) is 6.26 Å². The number of benzene rings is 2. The summed E-state index contributed by atoms with van der Waals surface area (Å²) >= 11 is 5.92. The van der Waals surface area contributed by atoms with E-state index in [1.54, 1.807) is 24.3 Å². The second kappa shape index (κ2) is 7.42. The van der Waals surface area contributed by atoms with Gasteiger partial charge >= 0.3 is 5.97 Å². The Bertz CT molecular complexity index is 987. The fourth-order valence-corrected chi connectivity index (χ4v) is 4.75. The normalized spacial score (nSPS) is 20.9. The molecule has 0 radical (unpaired) electrons. The molecule has 0 spiro atoms. The minimum atomic E-state index is -3.80. The van der Waals surface area contributed by atoms with Crippen molar-refractivity contribution in [1.82, 2.24) is 4.31 Å². The molecule has 2 aromatic rings. The van der Waals surface area contributed by atoms with Gasteiger partial charge in [0, 0.05) is 5.02 Å². The molecule has 27 heavy (non-hydrogen) atoms. The van der Waals surface area contributed by atoms with E-state index in [2.05, 4.69) is 0 Å². The highest BCUT2D eigenvalue weighted by Gasteiger charge is 2.42. The molecular formula is C19H17ClFNO4S. The van der Waals surface area contributed by atoms with Crippen LogP contribution in [0.5, 0.6) is 0 Å². The van der Waals surface area contributed by atoms with Crippen LogP contribution in [0.4, 0.5) is 4.39 Å². The zero-order valence-electron chi connectivity index (χ0n) is 14.3. The maximum Gasteiger partial charge on any atom is 0.333 e. The van der Waals surface area contributed by atoms with Crippen molar-refractivity contribution in [1.29, 1.82) is 0 Å². The number of rotatable bonds is 4. The highest BCUT2D eigenvalue weighted by Crippen LogP contribution is 2.43. The third kappa shape index (κ3) is 4.05. The Morgan fingerprint density at radius 1 is 1.11 bits per heavy atom. The first-order chi connectivity index (χ1) is 12.7. The summed E-state index contributed by atoms with van der Waals surface area (Å²) in [5.74, 6) is -1.71. The smallest absolute Gasteiger partial charge is 0.333 e. The summed E-state index contributed by atoms with van der Waals surface area (Å²) < 4.78 is 39.8. The standard InChI is InChI=1S/C19H17ClFNO4S/c1-27(25,26)22-17(12-2-6-14(20)7-3-12)11-10-16(19(23)24)18(22)13-4-8-15(21)9-5-13/h2-10,17-18H,11H2,1H3,(H,23,24)/t17-,18-/m0/s1. The number of hydrogen-bond acceptors (Lipinski definition) is 3. The summed E-state index contributed by atoms with van der Waals surface area (Å²) in [6, 6.07) is 10.2. The molecule has 3 rings (SSSR count). The summed E-state index contributed by atoms with van der Waals surface area (Å²) in [5, 5.41) is 10.1. The van der Waals surface area contributed by atoms with Gasteiger partial charge in [0.1, 0.15) is 5.82 Å². The van der Waals surface area contributed by atoms with Crippen LogP contribution in [0, 0.1) is 5.82 Å². The van der Waals surface area contributed by atoms with Crippen molar-refractivity contribution in [2.45, 2.75) is 18.5 Å². The first-order valence-corrected chi connectivity index (χ1v) is 10.3. The molecule has 0 saturated carbocycles. The van der Waals surface area contributed by atoms with E-state index < -0.39 is 33.9 Å². The van der Waals surface area contributed by atoms with Gasteiger partial charge in [0.05, 0.1) is 23.9 Å². The molecule has 142 valence electrons. The van der Waals surface area contributed by atoms with Crippen LogP contribution in [0.2, 0.25) is 5.02 Å². The summed E-state index contributed by atoms with van der Waals surface area (Å²) in [6.45, 7) is 0. The lowest BCUT2D eigenvalue weighted by atomic mass is 9.89. The SMILES string of the molecule is CS(=O)(=O)N1[C@@H](c2ccc(F)cc2)C(C(=O)O)=CC[C@H]1c1ccc(Cl)cc1. The van der Waals surface area contributed by atoms with E-state index in [1.165, 1.54) is 34.6 Å². The number of hydrogen-bond donors (Lipinski definition) is 1. The molecule has 0 bridgehead atoms. The highest BCUT2D eigenvalue weighted by atomic mass is 35.5. The van der Waals surface area contributed by atoms with Crippen LogP contribution in [-0.4, -0.2) is 30.1 Å². The molecule has 0 aromatic heterocycles. The molecular weight excluding hydrogens is 393 g/mol. The van der Waals surface area contributed by atoms with Crippen LogP contribution < -0.4 is 0 Å². The second-order valence-electron chi connectivity index (χ2n) is 6.31. The summed E-state index contributed by atoms with van der Waals surface area (Å²) in [6.07, 6.45) is 2.77. The molecule has 1 aliphatic heterocycles. The van der Waals surface area contributed by atoms with Crippen LogP contribution in [0.25, 0.3) is 0 Å². The third-order valence-corrected chi connectivity index (χ3v) is 5.97. The van der Waals surface area contributed by atoms with Crippen molar-refractivity contribution in [3.05, 3.63) is 82.1 Å². The van der Waals surface area contributed by atoms with Crippen LogP contribution in [-0.2, 0) is 14.8 Å². The molecule has 1 heterocycles. The Hall–Kier alpha value is -2.22. The van der Waals surface area contributed by atoms with Gasteiger partial charge < -0.3 is 5.11 Å². The molecule has 2 aromatic carbocycles. The van der Waals surface area contributed by atoms with Crippen molar-refractivity contribution < 1.29 is 22.7 Å². The van der Waals surface area contributed by atoms with Crippen LogP contribution in [0.3, 0.4) is 0 Å². The first-order valence-electron chi connectivity index (χ1n) is 8.11. The van der Waals surface area contributed by atoms with Crippen molar-refractivity contribution >= 4 is 27.6 Å². The van der Waals surface area contributed by atoms with Gasteiger partial charge in [-0.25, -0.2) is 17.6 Å². The molecule has 1 N–H and O–H groups in total. The maximum absolute atomic E-state index is 13.3. The number of carboxylic acid groups (broad SMARTS) is 1. The third-order valence-electron chi connectivity index (χ3n) is 4.49. The average Bonchev–Trinajstić information content (AvgIpc) is 2.61. The van der Waals surface area contributed by atoms with Gasteiger partial charge in [0.15, 0.2) is 0 Å². The van der Waals surface area contributed by atoms with Crippen molar-refractivity contribution in [3.63, 3.8) is 0 Å². The number of carboxylic acids is 1. The molecule has 0 amide bonds. The van der Waals surface area contributed by atoms with Crippen molar-refractivity contribution in [2.75, 3.05) is 6.26 Å². The van der Waals surface area contributed by atoms with E-state index in [-0.39, 0.29) is 12.0 Å². The minimum Gasteiger partial charge on any atom is -0.478 e. The quantitative estimate of drug-likeness (QED) is 0.830. The van der Waals surface area contributed by atoms with E-state index in [4.69, 9.17) is 11.6 Å². The van der Waals surface area contributed by atoms with Gasteiger partial charge in [-0.1, -0.05) is 41.9 Å². The maximum atomic E-state index is 13.3. The van der Waals surface area contributed by atoms with E-state index in [0.29, 0.717) is 16.1 Å². The number of nitrogens with zero attached hydrogens (tertiary/aromatic N) is 1. The lowest BCUT2D eigenvalue weighted by Crippen LogP contribution is -2.41. The summed E-state index contributed by atoms with van der Waals surface area (Å²) in [5.41, 5.74) is 1.02. The largest absolute Gasteiger partial charge is 0.478 e. The Morgan fingerprint density at radius 2 is 1.67 bits per heavy atom. The van der Waals surface area contributed by atoms with E-state index >= 15 is 0 Å². The van der Waals surface area contributed by atoms with Crippen molar-refractivity contribution in [3.8, 4) is 0 Å². The van der Waals surface area contributed by atoms with Crippen LogP contribution >= 0.6 is 11.6 Å². The lowest BCUT2D eigenvalue weighted by molar-refractivity contribution is -0.133. The van der Waals surface area contributed by atoms with E-state index in [1.807, 2.05) is 0 Å². The summed E-state index contributed by atoms with van der Waals surface area (Å²) in [4.78, 5) is 11.8. The van der Waals surface area contributed by atoms with Gasteiger partial charge in [-0.05, 0) is 41.8 Å². The number of aliphatic carboxylic acids is 1. The minimum absolute atomic E-state index is 0.0581. The predicted octanol–water partition coefficient (Wildman–Crippen LogP) is 3.94. The Morgan fingerprint density at radius 3 is 2.19 bits per heavy atom. The van der Waals surface area contributed by atoms with Gasteiger partial charge in [-0.3, -0.25) is 0 Å². The van der Waals surface area contributed by atoms with Gasteiger partial charge in [0.25, 0.3) is 0 Å². The average molecular weight is 410 g/mol. The fourth-order valence-electron chi connectivity index (χ4n) is 3.34. The first kappa shape index (κ1) is 19.5. The lowest BCUT2D eigenvalue weighted by Gasteiger charge is -2.40.